The summed E-state index contributed by atoms with van der Waals surface area (Å²) in [5, 5.41) is 0. The predicted octanol–water partition coefficient (Wildman–Crippen LogP) is 1.57. The molecule has 182 valence electrons. The van der Waals surface area contributed by atoms with Crippen LogP contribution in [0.4, 0.5) is 14.5 Å². The van der Waals surface area contributed by atoms with Crippen molar-refractivity contribution in [2.45, 2.75) is 30.2 Å². The Bertz CT molecular complexity index is 1170. The van der Waals surface area contributed by atoms with Crippen LogP contribution in [0.5, 0.6) is 0 Å². The van der Waals surface area contributed by atoms with E-state index in [2.05, 4.69) is 0 Å². The van der Waals surface area contributed by atoms with Gasteiger partial charge in [0.15, 0.2) is 6.61 Å². The number of nitrogens with two attached hydrogens (primary N) is 1. The minimum absolute atomic E-state index is 0.00923. The van der Waals surface area contributed by atoms with E-state index in [0.717, 1.165) is 33.5 Å². The highest BCUT2D eigenvalue weighted by Crippen LogP contribution is 2.28. The third-order valence-electron chi connectivity index (χ3n) is 5.26. The molecule has 0 aromatic heterocycles. The first-order valence-electron chi connectivity index (χ1n) is 10.4. The Morgan fingerprint density at radius 1 is 1.09 bits per heavy atom. The molecule has 9 nitrogen and oxygen atoms in total. The monoisotopic (exact) mass is 495 g/mol. The predicted molar refractivity (Wildman–Crippen MR) is 117 cm³/mol. The van der Waals surface area contributed by atoms with Crippen molar-refractivity contribution in [2.75, 3.05) is 24.6 Å². The highest BCUT2D eigenvalue weighted by Gasteiger charge is 2.41. The van der Waals surface area contributed by atoms with E-state index in [1.165, 1.54) is 24.3 Å². The molecule has 1 atom stereocenters. The summed E-state index contributed by atoms with van der Waals surface area (Å²) in [6.45, 7) is -0.891. The van der Waals surface area contributed by atoms with E-state index in [4.69, 9.17) is 10.5 Å². The Balaban J connectivity index is 1.71. The number of benzene rings is 2. The highest BCUT2D eigenvalue weighted by atomic mass is 32.2. The van der Waals surface area contributed by atoms with E-state index in [-0.39, 0.29) is 31.6 Å². The minimum Gasteiger partial charge on any atom is -0.454 e. The van der Waals surface area contributed by atoms with Crippen LogP contribution in [0.1, 0.15) is 19.3 Å². The van der Waals surface area contributed by atoms with Crippen molar-refractivity contribution in [3.05, 3.63) is 60.2 Å². The van der Waals surface area contributed by atoms with E-state index in [1.807, 2.05) is 0 Å². The Kier molecular flexibility index (Phi) is 7.94. The van der Waals surface area contributed by atoms with Crippen LogP contribution in [0.3, 0.4) is 0 Å². The molecule has 0 aliphatic carbocycles. The molecule has 0 spiro atoms. The number of ether oxygens (including phenoxy) is 1. The zero-order chi connectivity index (χ0) is 24.9. The molecule has 2 aromatic rings. The zero-order valence-corrected chi connectivity index (χ0v) is 18.8. The molecule has 3 rings (SSSR count). The van der Waals surface area contributed by atoms with E-state index < -0.39 is 57.0 Å². The first kappa shape index (κ1) is 25.2. The molecule has 0 bridgehead atoms. The molecule has 1 saturated heterocycles. The second-order valence-electron chi connectivity index (χ2n) is 7.55. The average Bonchev–Trinajstić information content (AvgIpc) is 3.30. The van der Waals surface area contributed by atoms with Crippen molar-refractivity contribution in [2.24, 2.45) is 5.73 Å². The van der Waals surface area contributed by atoms with Gasteiger partial charge in [-0.1, -0.05) is 12.1 Å². The number of rotatable bonds is 9. The van der Waals surface area contributed by atoms with Gasteiger partial charge in [-0.2, -0.15) is 4.31 Å². The number of esters is 1. The first-order valence-corrected chi connectivity index (χ1v) is 11.8. The first-order chi connectivity index (χ1) is 16.1. The number of halogens is 2. The molecule has 1 fully saturated rings. The molecule has 1 aliphatic rings. The largest absolute Gasteiger partial charge is 0.454 e. The number of amides is 2. The van der Waals surface area contributed by atoms with Gasteiger partial charge in [-0.25, -0.2) is 17.2 Å². The summed E-state index contributed by atoms with van der Waals surface area (Å²) in [5.74, 6) is -3.82. The lowest BCUT2D eigenvalue weighted by Crippen LogP contribution is -2.43. The fourth-order valence-corrected chi connectivity index (χ4v) is 5.31. The molecule has 0 unspecified atom stereocenters. The molecule has 12 heteroatoms. The van der Waals surface area contributed by atoms with Gasteiger partial charge in [0.25, 0.3) is 5.91 Å². The van der Waals surface area contributed by atoms with Gasteiger partial charge in [0.2, 0.25) is 15.9 Å². The van der Waals surface area contributed by atoms with Gasteiger partial charge in [0, 0.05) is 25.2 Å². The number of hydrogen-bond acceptors (Lipinski definition) is 6. The molecule has 34 heavy (non-hydrogen) atoms. The van der Waals surface area contributed by atoms with Gasteiger partial charge in [0.1, 0.15) is 22.6 Å². The number of carbonyl (C=O) groups excluding carboxylic acids is 3. The minimum atomic E-state index is -4.31. The maximum Gasteiger partial charge on any atom is 0.324 e. The van der Waals surface area contributed by atoms with Crippen molar-refractivity contribution < 1.29 is 36.3 Å². The number of carbonyl (C=O) groups is 3. The van der Waals surface area contributed by atoms with Gasteiger partial charge in [-0.15, -0.1) is 0 Å². The second-order valence-corrected chi connectivity index (χ2v) is 9.41. The van der Waals surface area contributed by atoms with E-state index in [0.29, 0.717) is 6.42 Å². The molecule has 1 aliphatic heterocycles. The smallest absolute Gasteiger partial charge is 0.324 e. The summed E-state index contributed by atoms with van der Waals surface area (Å²) in [4.78, 5) is 37.1. The maximum absolute atomic E-state index is 14.1. The third-order valence-corrected chi connectivity index (χ3v) is 7.20. The zero-order valence-electron chi connectivity index (χ0n) is 18.0. The number of nitrogens with zero attached hydrogens (tertiary/aromatic N) is 2. The molecule has 0 saturated carbocycles. The van der Waals surface area contributed by atoms with Gasteiger partial charge in [0.05, 0.1) is 0 Å². The lowest BCUT2D eigenvalue weighted by atomic mass is 10.2. The number of anilines is 1. The van der Waals surface area contributed by atoms with Crippen LogP contribution >= 0.6 is 0 Å². The average molecular weight is 496 g/mol. The van der Waals surface area contributed by atoms with E-state index >= 15 is 0 Å². The lowest BCUT2D eigenvalue weighted by molar-refractivity contribution is -0.151. The number of primary amides is 1. The second kappa shape index (κ2) is 10.7. The molecule has 0 radical (unpaired) electrons. The SMILES string of the molecule is NC(=O)CCN(C(=O)COC(=O)[C@@H]1CCCN1S(=O)(=O)c1ccccc1F)c1ccc(F)cc1. The molecule has 2 N–H and O–H groups in total. The van der Waals surface area contributed by atoms with Gasteiger partial charge >= 0.3 is 5.97 Å². The van der Waals surface area contributed by atoms with E-state index in [1.54, 1.807) is 0 Å². The maximum atomic E-state index is 14.1. The summed E-state index contributed by atoms with van der Waals surface area (Å²) in [7, 11) is -4.31. The van der Waals surface area contributed by atoms with Crippen molar-refractivity contribution in [3.63, 3.8) is 0 Å². The molecule has 1 heterocycles. The van der Waals surface area contributed by atoms with Crippen LogP contribution in [0.15, 0.2) is 53.4 Å². The topological polar surface area (TPSA) is 127 Å². The van der Waals surface area contributed by atoms with Crippen molar-refractivity contribution in [1.82, 2.24) is 4.31 Å². The van der Waals surface area contributed by atoms with Crippen molar-refractivity contribution >= 4 is 33.5 Å². The van der Waals surface area contributed by atoms with Gasteiger partial charge in [-0.05, 0) is 49.2 Å². The molecular weight excluding hydrogens is 472 g/mol. The fraction of sp³-hybridized carbons (Fsp3) is 0.318. The van der Waals surface area contributed by atoms with Crippen LogP contribution in [0, 0.1) is 11.6 Å². The summed E-state index contributed by atoms with van der Waals surface area (Å²) >= 11 is 0. The van der Waals surface area contributed by atoms with Crippen LogP contribution in [-0.4, -0.2) is 56.2 Å². The lowest BCUT2D eigenvalue weighted by Gasteiger charge is -2.25. The summed E-state index contributed by atoms with van der Waals surface area (Å²) in [6.07, 6.45) is 0.306. The Hall–Kier alpha value is -3.38. The standard InChI is InChI=1S/C22H23F2N3O6S/c23-15-7-9-16(10-8-15)26(13-11-20(25)28)21(29)14-33-22(30)18-5-3-12-27(18)34(31,32)19-6-2-1-4-17(19)24/h1-2,4,6-10,18H,3,5,11-14H2,(H2,25,28)/t18-/m0/s1. The van der Waals surface area contributed by atoms with Crippen LogP contribution in [-0.2, 0) is 29.1 Å². The Morgan fingerprint density at radius 3 is 2.41 bits per heavy atom. The summed E-state index contributed by atoms with van der Waals surface area (Å²) < 4.78 is 59.1. The van der Waals surface area contributed by atoms with Crippen LogP contribution < -0.4 is 10.6 Å². The van der Waals surface area contributed by atoms with Gasteiger partial charge in [-0.3, -0.25) is 14.4 Å². The van der Waals surface area contributed by atoms with Crippen LogP contribution in [0.25, 0.3) is 0 Å². The summed E-state index contributed by atoms with van der Waals surface area (Å²) in [6, 6.07) is 8.48. The quantitative estimate of drug-likeness (QED) is 0.526. The third kappa shape index (κ3) is 5.75. The normalized spacial score (nSPS) is 16.2. The van der Waals surface area contributed by atoms with Crippen molar-refractivity contribution in [3.8, 4) is 0 Å². The van der Waals surface area contributed by atoms with Gasteiger partial charge < -0.3 is 15.4 Å². The van der Waals surface area contributed by atoms with Crippen molar-refractivity contribution in [1.29, 1.82) is 0 Å². The fourth-order valence-electron chi connectivity index (χ4n) is 3.59. The molecular formula is C22H23F2N3O6S. The Labute approximate surface area is 195 Å². The number of hydrogen-bond donors (Lipinski definition) is 1. The highest BCUT2D eigenvalue weighted by molar-refractivity contribution is 7.89. The Morgan fingerprint density at radius 2 is 1.76 bits per heavy atom. The molecule has 2 aromatic carbocycles. The molecule has 2 amide bonds. The summed E-state index contributed by atoms with van der Waals surface area (Å²) in [5.41, 5.74) is 5.41. The van der Waals surface area contributed by atoms with E-state index in [9.17, 15) is 31.6 Å². The van der Waals surface area contributed by atoms with Crippen LogP contribution in [0.2, 0.25) is 0 Å². The number of sulfonamides is 1.